The molecule has 4 nitrogen and oxygen atoms in total. The summed E-state index contributed by atoms with van der Waals surface area (Å²) in [5.41, 5.74) is -0.791. The zero-order valence-corrected chi connectivity index (χ0v) is 12.7. The molecule has 1 aromatic carbocycles. The smallest absolute Gasteiger partial charge is 0.341 e. The molecule has 8 heteroatoms. The van der Waals surface area contributed by atoms with Gasteiger partial charge < -0.3 is 4.90 Å². The number of halogens is 3. The van der Waals surface area contributed by atoms with E-state index in [1.165, 1.54) is 25.2 Å². The van der Waals surface area contributed by atoms with E-state index in [1.807, 2.05) is 0 Å². The first-order valence-electron chi connectivity index (χ1n) is 6.70. The highest BCUT2D eigenvalue weighted by atomic mass is 32.2. The maximum Gasteiger partial charge on any atom is 0.416 e. The van der Waals surface area contributed by atoms with Gasteiger partial charge in [-0.05, 0) is 18.1 Å². The number of sulfone groups is 1. The van der Waals surface area contributed by atoms with Gasteiger partial charge >= 0.3 is 6.18 Å². The molecule has 2 rings (SSSR count). The van der Waals surface area contributed by atoms with Crippen molar-refractivity contribution in [3.05, 3.63) is 35.4 Å². The van der Waals surface area contributed by atoms with Crippen LogP contribution in [0.2, 0.25) is 0 Å². The van der Waals surface area contributed by atoms with Gasteiger partial charge in [-0.1, -0.05) is 18.2 Å². The lowest BCUT2D eigenvalue weighted by Gasteiger charge is -2.22. The summed E-state index contributed by atoms with van der Waals surface area (Å²) in [7, 11) is -1.82. The molecule has 22 heavy (non-hydrogen) atoms. The van der Waals surface area contributed by atoms with E-state index in [0.717, 1.165) is 11.0 Å². The largest absolute Gasteiger partial charge is 0.416 e. The van der Waals surface area contributed by atoms with Gasteiger partial charge in [-0.2, -0.15) is 13.2 Å². The topological polar surface area (TPSA) is 54.5 Å². The Balaban J connectivity index is 2.13. The normalized spacial score (nSPS) is 20.8. The number of benzene rings is 1. The number of rotatable bonds is 3. The summed E-state index contributed by atoms with van der Waals surface area (Å²) in [5, 5.41) is 0. The highest BCUT2D eigenvalue weighted by Crippen LogP contribution is 2.32. The van der Waals surface area contributed by atoms with Crippen LogP contribution in [0.5, 0.6) is 0 Å². The Bertz CT molecular complexity index is 670. The van der Waals surface area contributed by atoms with E-state index >= 15 is 0 Å². The van der Waals surface area contributed by atoms with Crippen LogP contribution in [-0.4, -0.2) is 37.8 Å². The van der Waals surface area contributed by atoms with Gasteiger partial charge in [-0.3, -0.25) is 4.79 Å². The Hall–Kier alpha value is -1.57. The first kappa shape index (κ1) is 16.8. The fourth-order valence-corrected chi connectivity index (χ4v) is 4.30. The van der Waals surface area contributed by atoms with Crippen molar-refractivity contribution in [2.45, 2.75) is 19.1 Å². The van der Waals surface area contributed by atoms with Crippen LogP contribution in [0.25, 0.3) is 0 Å². The molecule has 1 unspecified atom stereocenters. The molecule has 1 aromatic rings. The Morgan fingerprint density at radius 1 is 1.32 bits per heavy atom. The van der Waals surface area contributed by atoms with Crippen molar-refractivity contribution in [2.75, 3.05) is 18.6 Å². The number of hydrogen-bond donors (Lipinski definition) is 0. The molecule has 0 bridgehead atoms. The van der Waals surface area contributed by atoms with Crippen molar-refractivity contribution in [1.29, 1.82) is 0 Å². The maximum atomic E-state index is 12.9. The summed E-state index contributed by atoms with van der Waals surface area (Å²) in [6.07, 6.45) is -4.26. The summed E-state index contributed by atoms with van der Waals surface area (Å²) in [5.74, 6) is -1.36. The van der Waals surface area contributed by atoms with Crippen LogP contribution in [0.3, 0.4) is 0 Å². The van der Waals surface area contributed by atoms with Crippen molar-refractivity contribution < 1.29 is 26.4 Å². The molecule has 0 saturated carbocycles. The molecule has 0 spiro atoms. The van der Waals surface area contributed by atoms with E-state index in [1.54, 1.807) is 0 Å². The van der Waals surface area contributed by atoms with Gasteiger partial charge in [0, 0.05) is 13.6 Å². The number of carbonyl (C=O) groups excluding carboxylic acids is 1. The van der Waals surface area contributed by atoms with Crippen LogP contribution >= 0.6 is 0 Å². The molecular weight excluding hydrogens is 319 g/mol. The van der Waals surface area contributed by atoms with Gasteiger partial charge in [0.05, 0.1) is 23.0 Å². The fraction of sp³-hybridized carbons (Fsp3) is 0.500. The lowest BCUT2D eigenvalue weighted by molar-refractivity contribution is -0.140. The van der Waals surface area contributed by atoms with Crippen molar-refractivity contribution in [1.82, 2.24) is 4.90 Å². The monoisotopic (exact) mass is 335 g/mol. The SMILES string of the molecule is CN(Cc1ccccc1C(F)(F)F)C(=O)C1CCS(=O)(=O)C1. The Kier molecular flexibility index (Phi) is 4.51. The average molecular weight is 335 g/mol. The minimum absolute atomic E-state index is 0.00768. The first-order valence-corrected chi connectivity index (χ1v) is 8.53. The fourth-order valence-electron chi connectivity index (χ4n) is 2.57. The van der Waals surface area contributed by atoms with Crippen molar-refractivity contribution >= 4 is 15.7 Å². The Morgan fingerprint density at radius 3 is 2.50 bits per heavy atom. The molecule has 0 aromatic heterocycles. The summed E-state index contributed by atoms with van der Waals surface area (Å²) in [6.45, 7) is -0.203. The minimum atomic E-state index is -4.49. The number of amides is 1. The molecule has 1 aliphatic rings. The molecule has 0 radical (unpaired) electrons. The molecule has 1 saturated heterocycles. The molecule has 1 heterocycles. The van der Waals surface area contributed by atoms with Crippen LogP contribution in [0.4, 0.5) is 13.2 Å². The summed E-state index contributed by atoms with van der Waals surface area (Å²) in [6, 6.07) is 5.05. The van der Waals surface area contributed by atoms with Crippen LogP contribution in [-0.2, 0) is 27.4 Å². The minimum Gasteiger partial charge on any atom is -0.341 e. The summed E-state index contributed by atoms with van der Waals surface area (Å²) in [4.78, 5) is 13.3. The predicted molar refractivity (Wildman–Crippen MR) is 74.7 cm³/mol. The molecule has 122 valence electrons. The van der Waals surface area contributed by atoms with Crippen LogP contribution in [0.15, 0.2) is 24.3 Å². The van der Waals surface area contributed by atoms with E-state index in [4.69, 9.17) is 0 Å². The summed E-state index contributed by atoms with van der Waals surface area (Å²) >= 11 is 0. The lowest BCUT2D eigenvalue weighted by Crippen LogP contribution is -2.33. The lowest BCUT2D eigenvalue weighted by atomic mass is 10.0. The highest BCUT2D eigenvalue weighted by Gasteiger charge is 2.36. The molecule has 1 aliphatic heterocycles. The third-order valence-electron chi connectivity index (χ3n) is 3.69. The maximum absolute atomic E-state index is 12.9. The van der Waals surface area contributed by atoms with Gasteiger partial charge in [-0.25, -0.2) is 8.42 Å². The second-order valence-electron chi connectivity index (χ2n) is 5.45. The number of alkyl halides is 3. The third-order valence-corrected chi connectivity index (χ3v) is 5.46. The second-order valence-corrected chi connectivity index (χ2v) is 7.68. The zero-order valence-electron chi connectivity index (χ0n) is 11.9. The average Bonchev–Trinajstić information content (AvgIpc) is 2.77. The van der Waals surface area contributed by atoms with Crippen LogP contribution in [0, 0.1) is 5.92 Å². The Labute approximate surface area is 126 Å². The molecule has 1 atom stereocenters. The number of nitrogens with zero attached hydrogens (tertiary/aromatic N) is 1. The number of carbonyl (C=O) groups is 1. The van der Waals surface area contributed by atoms with E-state index in [-0.39, 0.29) is 30.0 Å². The van der Waals surface area contributed by atoms with Crippen LogP contribution in [0.1, 0.15) is 17.5 Å². The molecule has 1 fully saturated rings. The molecular formula is C14H16F3NO3S. The van der Waals surface area contributed by atoms with Crippen molar-refractivity contribution in [3.8, 4) is 0 Å². The van der Waals surface area contributed by atoms with E-state index in [0.29, 0.717) is 0 Å². The predicted octanol–water partition coefficient (Wildman–Crippen LogP) is 2.10. The van der Waals surface area contributed by atoms with E-state index in [9.17, 15) is 26.4 Å². The molecule has 1 amide bonds. The molecule has 0 N–H and O–H groups in total. The van der Waals surface area contributed by atoms with Crippen molar-refractivity contribution in [2.24, 2.45) is 5.92 Å². The van der Waals surface area contributed by atoms with E-state index in [2.05, 4.69) is 0 Å². The van der Waals surface area contributed by atoms with Crippen LogP contribution < -0.4 is 0 Å². The Morgan fingerprint density at radius 2 is 1.95 bits per heavy atom. The van der Waals surface area contributed by atoms with Gasteiger partial charge in [-0.15, -0.1) is 0 Å². The van der Waals surface area contributed by atoms with Gasteiger partial charge in [0.1, 0.15) is 0 Å². The molecule has 0 aliphatic carbocycles. The van der Waals surface area contributed by atoms with Gasteiger partial charge in [0.2, 0.25) is 5.91 Å². The quantitative estimate of drug-likeness (QED) is 0.850. The first-order chi connectivity index (χ1) is 10.1. The second kappa shape index (κ2) is 5.91. The van der Waals surface area contributed by atoms with E-state index < -0.39 is 33.4 Å². The standard InChI is InChI=1S/C14H16F3NO3S/c1-18(13(19)11-6-7-22(20,21)9-11)8-10-4-2-3-5-12(10)14(15,16)17/h2-5,11H,6-9H2,1H3. The van der Waals surface area contributed by atoms with Crippen molar-refractivity contribution in [3.63, 3.8) is 0 Å². The summed E-state index contributed by atoms with van der Waals surface area (Å²) < 4.78 is 61.5. The van der Waals surface area contributed by atoms with Gasteiger partial charge in [0.25, 0.3) is 0 Å². The highest BCUT2D eigenvalue weighted by molar-refractivity contribution is 7.91. The zero-order chi connectivity index (χ0) is 16.5. The third kappa shape index (κ3) is 3.79. The number of hydrogen-bond acceptors (Lipinski definition) is 3. The van der Waals surface area contributed by atoms with Gasteiger partial charge in [0.15, 0.2) is 9.84 Å².